The number of aromatic amines is 1. The van der Waals surface area contributed by atoms with E-state index < -0.39 is 5.91 Å². The van der Waals surface area contributed by atoms with Gasteiger partial charge in [-0.1, -0.05) is 6.07 Å². The maximum Gasteiger partial charge on any atom is 0.267 e. The Morgan fingerprint density at radius 2 is 2.15 bits per heavy atom. The number of aromatic nitrogens is 2. The van der Waals surface area contributed by atoms with Crippen LogP contribution in [0.15, 0.2) is 54.4 Å². The van der Waals surface area contributed by atoms with E-state index in [0.29, 0.717) is 11.4 Å². The van der Waals surface area contributed by atoms with Crippen molar-refractivity contribution in [1.82, 2.24) is 10.2 Å². The number of hydrogen-bond donors (Lipinski definition) is 3. The predicted octanol–water partition coefficient (Wildman–Crippen LogP) is 3.34. The van der Waals surface area contributed by atoms with Crippen molar-refractivity contribution in [2.24, 2.45) is 0 Å². The Morgan fingerprint density at radius 3 is 2.92 bits per heavy atom. The van der Waals surface area contributed by atoms with Gasteiger partial charge in [0.05, 0.1) is 24.5 Å². The lowest BCUT2D eigenvalue weighted by molar-refractivity contribution is -0.112. The number of aryl methyl sites for hydroxylation is 1. The van der Waals surface area contributed by atoms with Crippen molar-refractivity contribution in [1.29, 1.82) is 5.26 Å². The number of fused-ring (bicyclic) bond motifs is 1. The molecular weight excluding hydrogens is 330 g/mol. The molecule has 26 heavy (non-hydrogen) atoms. The number of methoxy groups -OCH3 is 1. The molecule has 1 aromatic heterocycles. The summed E-state index contributed by atoms with van der Waals surface area (Å²) in [4.78, 5) is 12.4. The van der Waals surface area contributed by atoms with Crippen molar-refractivity contribution < 1.29 is 9.53 Å². The molecule has 0 saturated carbocycles. The summed E-state index contributed by atoms with van der Waals surface area (Å²) in [5.74, 6) is 0.00501. The lowest BCUT2D eigenvalue weighted by atomic mass is 10.2. The van der Waals surface area contributed by atoms with Crippen LogP contribution in [0.5, 0.6) is 5.75 Å². The van der Waals surface area contributed by atoms with Crippen LogP contribution in [0.3, 0.4) is 0 Å². The molecule has 0 aliphatic heterocycles. The number of anilines is 2. The third kappa shape index (κ3) is 3.65. The van der Waals surface area contributed by atoms with Crippen molar-refractivity contribution in [3.8, 4) is 11.8 Å². The molecule has 0 radical (unpaired) electrons. The van der Waals surface area contributed by atoms with Crippen molar-refractivity contribution in [3.05, 3.63) is 59.9 Å². The molecule has 0 atom stereocenters. The Hall–Kier alpha value is -3.79. The number of nitrogens with zero attached hydrogens (tertiary/aromatic N) is 2. The summed E-state index contributed by atoms with van der Waals surface area (Å²) in [6, 6.07) is 12.9. The van der Waals surface area contributed by atoms with Gasteiger partial charge in [-0.05, 0) is 42.8 Å². The van der Waals surface area contributed by atoms with Gasteiger partial charge in [-0.2, -0.15) is 10.4 Å². The highest BCUT2D eigenvalue weighted by Gasteiger charge is 2.12. The Bertz CT molecular complexity index is 1030. The Kier molecular flexibility index (Phi) is 4.85. The smallest absolute Gasteiger partial charge is 0.267 e. The van der Waals surface area contributed by atoms with Crippen LogP contribution in [0.2, 0.25) is 0 Å². The maximum atomic E-state index is 12.4. The number of carbonyl (C=O) groups is 1. The number of rotatable bonds is 5. The number of hydrogen-bond acceptors (Lipinski definition) is 5. The van der Waals surface area contributed by atoms with E-state index >= 15 is 0 Å². The first kappa shape index (κ1) is 17.0. The Labute approximate surface area is 150 Å². The maximum absolute atomic E-state index is 12.4. The zero-order chi connectivity index (χ0) is 18.5. The van der Waals surface area contributed by atoms with E-state index in [1.165, 1.54) is 13.3 Å². The number of nitrogens with one attached hydrogen (secondary N) is 3. The van der Waals surface area contributed by atoms with E-state index in [4.69, 9.17) is 4.74 Å². The summed E-state index contributed by atoms with van der Waals surface area (Å²) in [7, 11) is 1.52. The second-order valence-electron chi connectivity index (χ2n) is 5.64. The molecule has 1 heterocycles. The van der Waals surface area contributed by atoms with E-state index in [2.05, 4.69) is 20.8 Å². The lowest BCUT2D eigenvalue weighted by Crippen LogP contribution is -2.15. The van der Waals surface area contributed by atoms with E-state index in [1.54, 1.807) is 18.3 Å². The first-order valence-corrected chi connectivity index (χ1v) is 7.86. The molecule has 0 bridgehead atoms. The van der Waals surface area contributed by atoms with Gasteiger partial charge in [-0.25, -0.2) is 0 Å². The summed E-state index contributed by atoms with van der Waals surface area (Å²) in [5, 5.41) is 22.8. The fourth-order valence-corrected chi connectivity index (χ4v) is 2.44. The van der Waals surface area contributed by atoms with Gasteiger partial charge >= 0.3 is 0 Å². The molecule has 7 nitrogen and oxygen atoms in total. The van der Waals surface area contributed by atoms with Crippen LogP contribution in [0, 0.1) is 18.3 Å². The zero-order valence-corrected chi connectivity index (χ0v) is 14.3. The molecule has 0 fully saturated rings. The second-order valence-corrected chi connectivity index (χ2v) is 5.64. The second kappa shape index (κ2) is 7.40. The van der Waals surface area contributed by atoms with Gasteiger partial charge in [0.15, 0.2) is 0 Å². The van der Waals surface area contributed by atoms with Gasteiger partial charge < -0.3 is 15.4 Å². The van der Waals surface area contributed by atoms with Gasteiger partial charge in [0.25, 0.3) is 5.91 Å². The van der Waals surface area contributed by atoms with Crippen LogP contribution >= 0.6 is 0 Å². The first-order valence-electron chi connectivity index (χ1n) is 7.86. The molecule has 0 aliphatic rings. The molecule has 1 amide bonds. The fraction of sp³-hybridized carbons (Fsp3) is 0.105. The van der Waals surface area contributed by atoms with Crippen molar-refractivity contribution in [2.75, 3.05) is 17.7 Å². The highest BCUT2D eigenvalue weighted by Crippen LogP contribution is 2.25. The van der Waals surface area contributed by atoms with Gasteiger partial charge in [0, 0.05) is 17.3 Å². The SMILES string of the molecule is COc1ccc(C)cc1NC(=O)/C(C#N)=C\Nc1ccc2cn[nH]c2c1. The summed E-state index contributed by atoms with van der Waals surface area (Å²) in [6.07, 6.45) is 3.09. The number of amides is 1. The average Bonchev–Trinajstić information content (AvgIpc) is 3.10. The molecular formula is C19H17N5O2. The normalized spacial score (nSPS) is 11.0. The van der Waals surface area contributed by atoms with E-state index in [-0.39, 0.29) is 5.57 Å². The molecule has 2 aromatic carbocycles. The van der Waals surface area contributed by atoms with Crippen molar-refractivity contribution in [3.63, 3.8) is 0 Å². The first-order chi connectivity index (χ1) is 12.6. The quantitative estimate of drug-likeness (QED) is 0.485. The molecule has 130 valence electrons. The highest BCUT2D eigenvalue weighted by atomic mass is 16.5. The Balaban J connectivity index is 1.77. The number of nitriles is 1. The molecule has 0 unspecified atom stereocenters. The Morgan fingerprint density at radius 1 is 1.31 bits per heavy atom. The standard InChI is InChI=1S/C19H17N5O2/c1-12-3-6-18(26-2)17(7-12)23-19(25)14(9-20)10-21-15-5-4-13-11-22-24-16(13)8-15/h3-8,10-11,21H,1-2H3,(H,22,24)(H,23,25)/b14-10-. The third-order valence-corrected chi connectivity index (χ3v) is 3.79. The van der Waals surface area contributed by atoms with Crippen LogP contribution in [0.25, 0.3) is 10.9 Å². The van der Waals surface area contributed by atoms with E-state index in [1.807, 2.05) is 37.3 Å². The summed E-state index contributed by atoms with van der Waals surface area (Å²) >= 11 is 0. The molecule has 3 N–H and O–H groups in total. The van der Waals surface area contributed by atoms with E-state index in [9.17, 15) is 10.1 Å². The minimum Gasteiger partial charge on any atom is -0.495 e. The van der Waals surface area contributed by atoms with Crippen molar-refractivity contribution in [2.45, 2.75) is 6.92 Å². The monoisotopic (exact) mass is 347 g/mol. The van der Waals surface area contributed by atoms with Gasteiger partial charge in [-0.3, -0.25) is 9.89 Å². The van der Waals surface area contributed by atoms with Crippen LogP contribution < -0.4 is 15.4 Å². The van der Waals surface area contributed by atoms with E-state index in [0.717, 1.165) is 22.2 Å². The fourth-order valence-electron chi connectivity index (χ4n) is 2.44. The molecule has 7 heteroatoms. The van der Waals surface area contributed by atoms with Crippen LogP contribution in [-0.4, -0.2) is 23.2 Å². The molecule has 0 aliphatic carbocycles. The van der Waals surface area contributed by atoms with Crippen LogP contribution in [-0.2, 0) is 4.79 Å². The molecule has 3 rings (SSSR count). The van der Waals surface area contributed by atoms with Gasteiger partial charge in [-0.15, -0.1) is 0 Å². The number of carbonyl (C=O) groups excluding carboxylic acids is 1. The number of benzene rings is 2. The summed E-state index contributed by atoms with van der Waals surface area (Å²) in [5.41, 5.74) is 3.01. The largest absolute Gasteiger partial charge is 0.495 e. The number of H-pyrrole nitrogens is 1. The zero-order valence-electron chi connectivity index (χ0n) is 14.3. The van der Waals surface area contributed by atoms with Crippen LogP contribution in [0.4, 0.5) is 11.4 Å². The van der Waals surface area contributed by atoms with Gasteiger partial charge in [0.2, 0.25) is 0 Å². The lowest BCUT2D eigenvalue weighted by Gasteiger charge is -2.10. The molecule has 0 spiro atoms. The van der Waals surface area contributed by atoms with Crippen molar-refractivity contribution >= 4 is 28.2 Å². The minimum atomic E-state index is -0.522. The summed E-state index contributed by atoms with van der Waals surface area (Å²) in [6.45, 7) is 1.91. The predicted molar refractivity (Wildman–Crippen MR) is 99.8 cm³/mol. The van der Waals surface area contributed by atoms with Crippen LogP contribution in [0.1, 0.15) is 5.56 Å². The third-order valence-electron chi connectivity index (χ3n) is 3.79. The highest BCUT2D eigenvalue weighted by molar-refractivity contribution is 6.07. The molecule has 0 saturated heterocycles. The topological polar surface area (TPSA) is 103 Å². The molecule has 3 aromatic rings. The minimum absolute atomic E-state index is 0.0572. The number of ether oxygens (including phenoxy) is 1. The van der Waals surface area contributed by atoms with Gasteiger partial charge in [0.1, 0.15) is 17.4 Å². The summed E-state index contributed by atoms with van der Waals surface area (Å²) < 4.78 is 5.24. The average molecular weight is 347 g/mol.